The van der Waals surface area contributed by atoms with E-state index in [1.807, 2.05) is 6.92 Å². The molecule has 0 aromatic rings. The molecule has 0 aromatic heterocycles. The van der Waals surface area contributed by atoms with Gasteiger partial charge >= 0.3 is 0 Å². The Morgan fingerprint density at radius 1 is 1.12 bits per heavy atom. The summed E-state index contributed by atoms with van der Waals surface area (Å²) in [6, 6.07) is 0. The van der Waals surface area contributed by atoms with Gasteiger partial charge in [0.2, 0.25) is 0 Å². The third kappa shape index (κ3) is 6.80. The van der Waals surface area contributed by atoms with Crippen LogP contribution in [0.4, 0.5) is 0 Å². The van der Waals surface area contributed by atoms with E-state index in [1.54, 1.807) is 0 Å². The van der Waals surface area contributed by atoms with Crippen LogP contribution in [0.5, 0.6) is 0 Å². The fraction of sp³-hybridized carbons (Fsp3) is 0.900. The van der Waals surface area contributed by atoms with Gasteiger partial charge in [0, 0.05) is 86.5 Å². The first-order valence-corrected chi connectivity index (χ1v) is 5.01. The third-order valence-electron chi connectivity index (χ3n) is 2.60. The Bertz CT molecular complexity index is 163. The number of aliphatic hydroxyl groups is 2. The van der Waals surface area contributed by atoms with Crippen molar-refractivity contribution in [3.63, 3.8) is 0 Å². The second kappa shape index (κ2) is 12.8. The minimum absolute atomic E-state index is 0. The van der Waals surface area contributed by atoms with Gasteiger partial charge in [0.1, 0.15) is 12.2 Å². The summed E-state index contributed by atoms with van der Waals surface area (Å²) in [6.45, 7) is 5.68. The van der Waals surface area contributed by atoms with E-state index >= 15 is 0 Å². The van der Waals surface area contributed by atoms with Crippen molar-refractivity contribution in [2.75, 3.05) is 0 Å². The molecule has 16 heavy (non-hydrogen) atoms. The molecule has 1 saturated heterocycles. The summed E-state index contributed by atoms with van der Waals surface area (Å²) < 4.78 is 5.51. The van der Waals surface area contributed by atoms with Crippen LogP contribution in [0.25, 0.3) is 0 Å². The molecule has 90 valence electrons. The average molecular weight is 549 g/mol. The Balaban J connectivity index is -0.000000563. The minimum atomic E-state index is -0.712. The molecule has 3 nitrogen and oxygen atoms in total. The van der Waals surface area contributed by atoms with Crippen molar-refractivity contribution in [3.8, 4) is 0 Å². The molecule has 1 rings (SSSR count). The SMILES string of the molecule is [CH2-]CCC[C@@H]1O[C@H](CC)[C@@H](O)[C@H]1O.[W].[Y].[Y]. The zero-order chi connectivity index (χ0) is 9.84. The topological polar surface area (TPSA) is 49.7 Å². The largest absolute Gasteiger partial charge is 0.388 e. The van der Waals surface area contributed by atoms with Gasteiger partial charge in [0.05, 0.1) is 12.2 Å². The summed E-state index contributed by atoms with van der Waals surface area (Å²) in [5.74, 6) is 0. The average Bonchev–Trinajstić information content (AvgIpc) is 2.41. The summed E-state index contributed by atoms with van der Waals surface area (Å²) >= 11 is 0. The Kier molecular flexibility index (Phi) is 19.1. The number of aliphatic hydroxyl groups excluding tert-OH is 2. The summed E-state index contributed by atoms with van der Waals surface area (Å²) in [5, 5.41) is 19.1. The van der Waals surface area contributed by atoms with E-state index in [9.17, 15) is 10.2 Å². The molecule has 1 fully saturated rings. The minimum Gasteiger partial charge on any atom is -0.388 e. The molecule has 2 N–H and O–H groups in total. The van der Waals surface area contributed by atoms with Gasteiger partial charge in [0.15, 0.2) is 0 Å². The van der Waals surface area contributed by atoms with Crippen LogP contribution in [0, 0.1) is 6.92 Å². The van der Waals surface area contributed by atoms with Crippen molar-refractivity contribution in [2.45, 2.75) is 57.0 Å². The fourth-order valence-corrected chi connectivity index (χ4v) is 1.75. The van der Waals surface area contributed by atoms with Crippen LogP contribution in [0.1, 0.15) is 32.6 Å². The molecule has 6 heteroatoms. The van der Waals surface area contributed by atoms with Crippen LogP contribution in [-0.4, -0.2) is 34.6 Å². The standard InChI is InChI=1S/C10H19O3.W.2Y/c1-3-5-6-8-10(12)9(11)7(4-2)13-8;;;/h7-12H,1,3-6H2,2H3;;;/q-1;;;/t7-,8+,9-,10+;;;/m1.../s1. The summed E-state index contributed by atoms with van der Waals surface area (Å²) in [4.78, 5) is 0. The molecular weight excluding hydrogens is 530 g/mol. The molecule has 1 heterocycles. The van der Waals surface area contributed by atoms with Crippen molar-refractivity contribution >= 4 is 0 Å². The smallest absolute Gasteiger partial charge is 0.109 e. The van der Waals surface area contributed by atoms with E-state index in [0.29, 0.717) is 0 Å². The maximum atomic E-state index is 9.59. The summed E-state index contributed by atoms with van der Waals surface area (Å²) in [5.41, 5.74) is 0. The first kappa shape index (κ1) is 23.8. The Labute approximate surface area is 163 Å². The van der Waals surface area contributed by atoms with Gasteiger partial charge in [-0.2, -0.15) is 6.42 Å². The number of hydrogen-bond donors (Lipinski definition) is 2. The van der Waals surface area contributed by atoms with Gasteiger partial charge in [-0.1, -0.05) is 13.3 Å². The maximum absolute atomic E-state index is 9.59. The van der Waals surface area contributed by atoms with Gasteiger partial charge in [-0.3, -0.25) is 0 Å². The van der Waals surface area contributed by atoms with Gasteiger partial charge < -0.3 is 21.9 Å². The summed E-state index contributed by atoms with van der Waals surface area (Å²) in [7, 11) is 0. The van der Waals surface area contributed by atoms with Gasteiger partial charge in [-0.15, -0.1) is 0 Å². The Morgan fingerprint density at radius 2 is 1.62 bits per heavy atom. The molecular formula is C10H19O3WY2-. The van der Waals surface area contributed by atoms with Crippen LogP contribution < -0.4 is 0 Å². The zero-order valence-corrected chi connectivity index (χ0v) is 18.3. The van der Waals surface area contributed by atoms with E-state index in [1.165, 1.54) is 0 Å². The summed E-state index contributed by atoms with van der Waals surface area (Å²) in [6.07, 6.45) is 1.52. The molecule has 1 aliphatic heterocycles. The van der Waals surface area contributed by atoms with Crippen LogP contribution in [0.3, 0.4) is 0 Å². The quantitative estimate of drug-likeness (QED) is 0.513. The monoisotopic (exact) mass is 549 g/mol. The van der Waals surface area contributed by atoms with Gasteiger partial charge in [0.25, 0.3) is 0 Å². The van der Waals surface area contributed by atoms with Crippen LogP contribution in [-0.2, 0) is 91.2 Å². The van der Waals surface area contributed by atoms with Crippen LogP contribution >= 0.6 is 0 Å². The van der Waals surface area contributed by atoms with Gasteiger partial charge in [-0.25, -0.2) is 0 Å². The third-order valence-corrected chi connectivity index (χ3v) is 2.60. The predicted molar refractivity (Wildman–Crippen MR) is 50.2 cm³/mol. The van der Waals surface area contributed by atoms with E-state index < -0.39 is 12.2 Å². The molecule has 0 amide bonds. The number of hydrogen-bond acceptors (Lipinski definition) is 3. The van der Waals surface area contributed by atoms with E-state index in [4.69, 9.17) is 4.74 Å². The Morgan fingerprint density at radius 3 is 2.00 bits per heavy atom. The number of rotatable bonds is 4. The van der Waals surface area contributed by atoms with Crippen molar-refractivity contribution in [1.82, 2.24) is 0 Å². The molecule has 0 aliphatic carbocycles. The molecule has 0 saturated carbocycles. The van der Waals surface area contributed by atoms with Crippen molar-refractivity contribution in [1.29, 1.82) is 0 Å². The zero-order valence-electron chi connectivity index (χ0n) is 9.71. The second-order valence-electron chi connectivity index (χ2n) is 3.60. The molecule has 4 atom stereocenters. The number of ether oxygens (including phenoxy) is 1. The normalized spacial score (nSPS) is 32.2. The van der Waals surface area contributed by atoms with Gasteiger partial charge in [-0.05, 0) is 12.8 Å². The van der Waals surface area contributed by atoms with Crippen molar-refractivity contribution in [2.24, 2.45) is 0 Å². The van der Waals surface area contributed by atoms with Crippen LogP contribution in [0.15, 0.2) is 0 Å². The Hall–Kier alpha value is 2.78. The molecule has 0 unspecified atom stereocenters. The van der Waals surface area contributed by atoms with E-state index in [-0.39, 0.29) is 98.7 Å². The fourth-order valence-electron chi connectivity index (χ4n) is 1.75. The first-order valence-electron chi connectivity index (χ1n) is 5.01. The molecule has 2 radical (unpaired) electrons. The molecule has 0 spiro atoms. The van der Waals surface area contributed by atoms with E-state index in [2.05, 4.69) is 6.92 Å². The van der Waals surface area contributed by atoms with Crippen molar-refractivity contribution < 1.29 is 101 Å². The van der Waals surface area contributed by atoms with Crippen LogP contribution in [0.2, 0.25) is 0 Å². The van der Waals surface area contributed by atoms with Crippen molar-refractivity contribution in [3.05, 3.63) is 6.92 Å². The maximum Gasteiger partial charge on any atom is 0.109 e. The molecule has 1 aliphatic rings. The second-order valence-corrected chi connectivity index (χ2v) is 3.60. The molecule has 0 bridgehead atoms. The predicted octanol–water partition coefficient (Wildman–Crippen LogP) is 0.882. The number of unbranched alkanes of at least 4 members (excludes halogenated alkanes) is 1. The van der Waals surface area contributed by atoms with E-state index in [0.717, 1.165) is 25.7 Å². The first-order chi connectivity index (χ1) is 6.20. The molecule has 0 aromatic carbocycles.